The van der Waals surface area contributed by atoms with Crippen molar-refractivity contribution in [3.8, 4) is 0 Å². The van der Waals surface area contributed by atoms with Crippen LogP contribution in [0.5, 0.6) is 0 Å². The highest BCUT2D eigenvalue weighted by atomic mass is 16.2. The van der Waals surface area contributed by atoms with E-state index in [9.17, 15) is 4.79 Å². The average molecular weight is 274 g/mol. The fraction of sp³-hybridized carbons (Fsp3) is 0.588. The molecule has 1 fully saturated rings. The van der Waals surface area contributed by atoms with Gasteiger partial charge in [0, 0.05) is 25.8 Å². The van der Waals surface area contributed by atoms with Gasteiger partial charge in [0.05, 0.1) is 5.56 Å². The zero-order valence-electron chi connectivity index (χ0n) is 13.1. The molecule has 1 aromatic rings. The molecule has 0 spiro atoms. The van der Waals surface area contributed by atoms with Crippen molar-refractivity contribution in [3.05, 3.63) is 29.8 Å². The van der Waals surface area contributed by atoms with Crippen LogP contribution in [0.25, 0.3) is 0 Å². The maximum absolute atomic E-state index is 12.2. The Morgan fingerprint density at radius 3 is 2.40 bits per heavy atom. The molecule has 1 amide bonds. The number of para-hydroxylation sites is 1. The Kier molecular flexibility index (Phi) is 4.36. The predicted molar refractivity (Wildman–Crippen MR) is 84.1 cm³/mol. The molecule has 0 atom stereocenters. The van der Waals surface area contributed by atoms with E-state index in [4.69, 9.17) is 0 Å². The van der Waals surface area contributed by atoms with Gasteiger partial charge in [0.1, 0.15) is 0 Å². The fourth-order valence-corrected chi connectivity index (χ4v) is 2.80. The summed E-state index contributed by atoms with van der Waals surface area (Å²) in [6.45, 7) is 4.68. The minimum Gasteiger partial charge on any atom is -0.382 e. The number of anilines is 1. The SMILES string of the molecule is CN(C)C(=O)c1ccccc1NC1CCC(C)(C)CC1. The average Bonchev–Trinajstić information content (AvgIpc) is 2.41. The monoisotopic (exact) mass is 274 g/mol. The summed E-state index contributed by atoms with van der Waals surface area (Å²) >= 11 is 0. The van der Waals surface area contributed by atoms with Gasteiger partial charge < -0.3 is 10.2 Å². The molecule has 0 bridgehead atoms. The van der Waals surface area contributed by atoms with Crippen molar-refractivity contribution < 1.29 is 4.79 Å². The second kappa shape index (κ2) is 5.86. The largest absolute Gasteiger partial charge is 0.382 e. The van der Waals surface area contributed by atoms with Crippen LogP contribution in [0.2, 0.25) is 0 Å². The fourth-order valence-electron chi connectivity index (χ4n) is 2.80. The lowest BCUT2D eigenvalue weighted by molar-refractivity contribution is 0.0828. The molecule has 0 unspecified atom stereocenters. The van der Waals surface area contributed by atoms with Crippen molar-refractivity contribution in [2.75, 3.05) is 19.4 Å². The van der Waals surface area contributed by atoms with Crippen molar-refractivity contribution in [1.82, 2.24) is 4.90 Å². The van der Waals surface area contributed by atoms with Crippen molar-refractivity contribution in [1.29, 1.82) is 0 Å². The smallest absolute Gasteiger partial charge is 0.255 e. The van der Waals surface area contributed by atoms with E-state index in [2.05, 4.69) is 19.2 Å². The second-order valence-corrected chi connectivity index (χ2v) is 6.83. The zero-order valence-corrected chi connectivity index (χ0v) is 13.1. The standard InChI is InChI=1S/C17H26N2O/c1-17(2)11-9-13(10-12-17)18-15-8-6-5-7-14(15)16(20)19(3)4/h5-8,13,18H,9-12H2,1-4H3. The van der Waals surface area contributed by atoms with E-state index in [1.807, 2.05) is 24.3 Å². The molecule has 110 valence electrons. The first kappa shape index (κ1) is 14.9. The first-order valence-electron chi connectivity index (χ1n) is 7.46. The van der Waals surface area contributed by atoms with Crippen molar-refractivity contribution >= 4 is 11.6 Å². The van der Waals surface area contributed by atoms with Crippen molar-refractivity contribution in [2.45, 2.75) is 45.6 Å². The van der Waals surface area contributed by atoms with Gasteiger partial charge in [-0.05, 0) is 43.2 Å². The molecular formula is C17H26N2O. The van der Waals surface area contributed by atoms with Gasteiger partial charge in [-0.3, -0.25) is 4.79 Å². The van der Waals surface area contributed by atoms with Gasteiger partial charge in [-0.15, -0.1) is 0 Å². The van der Waals surface area contributed by atoms with E-state index in [0.29, 0.717) is 11.5 Å². The van der Waals surface area contributed by atoms with E-state index in [-0.39, 0.29) is 5.91 Å². The lowest BCUT2D eigenvalue weighted by Crippen LogP contribution is -2.31. The molecule has 3 nitrogen and oxygen atoms in total. The number of nitrogens with zero attached hydrogens (tertiary/aromatic N) is 1. The van der Waals surface area contributed by atoms with Gasteiger partial charge in [-0.1, -0.05) is 26.0 Å². The number of carbonyl (C=O) groups is 1. The van der Waals surface area contributed by atoms with Crippen LogP contribution in [0.3, 0.4) is 0 Å². The number of amides is 1. The molecule has 0 saturated heterocycles. The number of carbonyl (C=O) groups excluding carboxylic acids is 1. The molecule has 0 aromatic heterocycles. The Hall–Kier alpha value is -1.51. The quantitative estimate of drug-likeness (QED) is 0.910. The third-order valence-electron chi connectivity index (χ3n) is 4.26. The summed E-state index contributed by atoms with van der Waals surface area (Å²) in [5.74, 6) is 0.0595. The second-order valence-electron chi connectivity index (χ2n) is 6.83. The Morgan fingerprint density at radius 1 is 1.20 bits per heavy atom. The molecule has 1 aliphatic rings. The number of rotatable bonds is 3. The van der Waals surface area contributed by atoms with Crippen LogP contribution in [-0.4, -0.2) is 30.9 Å². The Labute approximate surface area is 122 Å². The lowest BCUT2D eigenvalue weighted by Gasteiger charge is -2.35. The summed E-state index contributed by atoms with van der Waals surface area (Å²) in [6, 6.07) is 8.31. The van der Waals surface area contributed by atoms with E-state index in [1.165, 1.54) is 25.7 Å². The first-order chi connectivity index (χ1) is 9.39. The van der Waals surface area contributed by atoms with Crippen molar-refractivity contribution in [3.63, 3.8) is 0 Å². The third kappa shape index (κ3) is 3.53. The van der Waals surface area contributed by atoms with Gasteiger partial charge in [0.25, 0.3) is 5.91 Å². The molecule has 3 heteroatoms. The summed E-state index contributed by atoms with van der Waals surface area (Å²) in [5.41, 5.74) is 2.20. The van der Waals surface area contributed by atoms with Crippen LogP contribution in [0, 0.1) is 5.41 Å². The van der Waals surface area contributed by atoms with Gasteiger partial charge in [-0.2, -0.15) is 0 Å². The highest BCUT2D eigenvalue weighted by molar-refractivity contribution is 5.99. The molecule has 0 radical (unpaired) electrons. The zero-order chi connectivity index (χ0) is 14.8. The number of hydrogen-bond acceptors (Lipinski definition) is 2. The van der Waals surface area contributed by atoms with Crippen LogP contribution in [-0.2, 0) is 0 Å². The van der Waals surface area contributed by atoms with Crippen LogP contribution < -0.4 is 5.32 Å². The first-order valence-corrected chi connectivity index (χ1v) is 7.46. The minimum absolute atomic E-state index is 0.0595. The topological polar surface area (TPSA) is 32.3 Å². The number of nitrogens with one attached hydrogen (secondary N) is 1. The summed E-state index contributed by atoms with van der Waals surface area (Å²) < 4.78 is 0. The molecule has 2 rings (SSSR count). The maximum atomic E-state index is 12.2. The highest BCUT2D eigenvalue weighted by Crippen LogP contribution is 2.36. The van der Waals surface area contributed by atoms with Gasteiger partial charge in [0.15, 0.2) is 0 Å². The van der Waals surface area contributed by atoms with Crippen molar-refractivity contribution in [2.24, 2.45) is 5.41 Å². The molecule has 0 heterocycles. The van der Waals surface area contributed by atoms with Crippen LogP contribution in [0.4, 0.5) is 5.69 Å². The Bertz CT molecular complexity index is 470. The summed E-state index contributed by atoms with van der Waals surface area (Å²) in [7, 11) is 3.59. The predicted octanol–water partition coefficient (Wildman–Crippen LogP) is 3.77. The van der Waals surface area contributed by atoms with E-state index >= 15 is 0 Å². The maximum Gasteiger partial charge on any atom is 0.255 e. The van der Waals surface area contributed by atoms with E-state index < -0.39 is 0 Å². The van der Waals surface area contributed by atoms with Crippen LogP contribution in [0.1, 0.15) is 49.9 Å². The van der Waals surface area contributed by atoms with E-state index in [1.54, 1.807) is 19.0 Å². The molecular weight excluding hydrogens is 248 g/mol. The summed E-state index contributed by atoms with van der Waals surface area (Å²) in [4.78, 5) is 13.8. The highest BCUT2D eigenvalue weighted by Gasteiger charge is 2.27. The Morgan fingerprint density at radius 2 is 1.80 bits per heavy atom. The molecule has 1 aliphatic carbocycles. The summed E-state index contributed by atoms with van der Waals surface area (Å²) in [6.07, 6.45) is 4.85. The van der Waals surface area contributed by atoms with Crippen LogP contribution >= 0.6 is 0 Å². The van der Waals surface area contributed by atoms with Crippen LogP contribution in [0.15, 0.2) is 24.3 Å². The van der Waals surface area contributed by atoms with Gasteiger partial charge >= 0.3 is 0 Å². The molecule has 1 saturated carbocycles. The third-order valence-corrected chi connectivity index (χ3v) is 4.26. The Balaban J connectivity index is 2.09. The molecule has 1 aromatic carbocycles. The normalized spacial score (nSPS) is 18.6. The lowest BCUT2D eigenvalue weighted by atomic mass is 9.75. The molecule has 0 aliphatic heterocycles. The van der Waals surface area contributed by atoms with E-state index in [0.717, 1.165) is 11.3 Å². The molecule has 20 heavy (non-hydrogen) atoms. The minimum atomic E-state index is 0.0595. The van der Waals surface area contributed by atoms with Gasteiger partial charge in [0.2, 0.25) is 0 Å². The molecule has 1 N–H and O–H groups in total. The van der Waals surface area contributed by atoms with Gasteiger partial charge in [-0.25, -0.2) is 0 Å². The number of benzene rings is 1. The number of hydrogen-bond donors (Lipinski definition) is 1. The summed E-state index contributed by atoms with van der Waals surface area (Å²) in [5, 5.41) is 3.58.